The predicted molar refractivity (Wildman–Crippen MR) is 132 cm³/mol. The van der Waals surface area contributed by atoms with Gasteiger partial charge in [-0.3, -0.25) is 4.99 Å². The number of hydrogen-bond donors (Lipinski definition) is 2. The van der Waals surface area contributed by atoms with E-state index in [0.29, 0.717) is 6.54 Å². The number of hydrogen-bond acceptors (Lipinski definition) is 4. The molecule has 1 aliphatic rings. The van der Waals surface area contributed by atoms with Gasteiger partial charge in [-0.25, -0.2) is 0 Å². The maximum absolute atomic E-state index is 6.12. The van der Waals surface area contributed by atoms with E-state index in [1.54, 1.807) is 0 Å². The molecule has 0 radical (unpaired) electrons. The molecule has 0 amide bonds. The molecule has 0 saturated carbocycles. The fourth-order valence-electron chi connectivity index (χ4n) is 3.40. The standard InChI is InChI=1S/C22H38N4O2.HI/c1-7-18(3)28-20-14-17(2)8-9-19(20)15-24-21(23-4)25-16-22(26(5)6)10-12-27-13-11-22;/h8-9,14,18H,7,10-13,15-16H2,1-6H3,(H2,23,24,25);1H. The molecule has 2 rings (SSSR count). The van der Waals surface area contributed by atoms with Crippen molar-refractivity contribution in [2.45, 2.75) is 58.2 Å². The Kier molecular flexibility index (Phi) is 11.3. The Hall–Kier alpha value is -1.06. The molecular formula is C22H39IN4O2. The van der Waals surface area contributed by atoms with Crippen LogP contribution in [0.25, 0.3) is 0 Å². The zero-order valence-corrected chi connectivity index (χ0v) is 21.2. The van der Waals surface area contributed by atoms with E-state index in [0.717, 1.165) is 56.3 Å². The molecule has 1 aliphatic heterocycles. The van der Waals surface area contributed by atoms with Gasteiger partial charge in [0, 0.05) is 44.5 Å². The summed E-state index contributed by atoms with van der Waals surface area (Å²) in [6.07, 6.45) is 3.23. The molecule has 29 heavy (non-hydrogen) atoms. The molecule has 0 spiro atoms. The maximum Gasteiger partial charge on any atom is 0.191 e. The molecule has 1 saturated heterocycles. The Labute approximate surface area is 193 Å². The fraction of sp³-hybridized carbons (Fsp3) is 0.682. The van der Waals surface area contributed by atoms with Crippen LogP contribution in [-0.2, 0) is 11.3 Å². The summed E-state index contributed by atoms with van der Waals surface area (Å²) in [5.41, 5.74) is 2.45. The van der Waals surface area contributed by atoms with Gasteiger partial charge in [0.25, 0.3) is 0 Å². The minimum atomic E-state index is 0. The van der Waals surface area contributed by atoms with Crippen molar-refractivity contribution < 1.29 is 9.47 Å². The summed E-state index contributed by atoms with van der Waals surface area (Å²) in [5, 5.41) is 6.96. The molecule has 1 heterocycles. The van der Waals surface area contributed by atoms with Gasteiger partial charge in [0.1, 0.15) is 5.75 Å². The predicted octanol–water partition coefficient (Wildman–Crippen LogP) is 3.57. The Balaban J connectivity index is 0.00000420. The molecule has 1 aromatic rings. The molecule has 7 heteroatoms. The summed E-state index contributed by atoms with van der Waals surface area (Å²) in [7, 11) is 6.11. The molecule has 1 unspecified atom stereocenters. The second-order valence-corrected chi connectivity index (χ2v) is 7.96. The smallest absolute Gasteiger partial charge is 0.191 e. The number of aryl methyl sites for hydroxylation is 1. The van der Waals surface area contributed by atoms with Gasteiger partial charge in [0.2, 0.25) is 0 Å². The molecule has 1 atom stereocenters. The van der Waals surface area contributed by atoms with Crippen molar-refractivity contribution in [3.05, 3.63) is 29.3 Å². The van der Waals surface area contributed by atoms with Crippen LogP contribution in [-0.4, -0.2) is 63.4 Å². The van der Waals surface area contributed by atoms with Crippen LogP contribution < -0.4 is 15.4 Å². The van der Waals surface area contributed by atoms with E-state index in [9.17, 15) is 0 Å². The highest BCUT2D eigenvalue weighted by Crippen LogP contribution is 2.25. The van der Waals surface area contributed by atoms with Gasteiger partial charge in [-0.15, -0.1) is 24.0 Å². The van der Waals surface area contributed by atoms with Crippen LogP contribution in [0.2, 0.25) is 0 Å². The normalized spacial score (nSPS) is 17.4. The second-order valence-electron chi connectivity index (χ2n) is 7.96. The van der Waals surface area contributed by atoms with E-state index in [1.165, 1.54) is 5.56 Å². The van der Waals surface area contributed by atoms with Crippen LogP contribution >= 0.6 is 24.0 Å². The number of guanidine groups is 1. The molecule has 2 N–H and O–H groups in total. The second kappa shape index (κ2) is 12.6. The Morgan fingerprint density at radius 1 is 1.28 bits per heavy atom. The lowest BCUT2D eigenvalue weighted by Gasteiger charge is -2.43. The van der Waals surface area contributed by atoms with Crippen LogP contribution in [0.5, 0.6) is 5.75 Å². The maximum atomic E-state index is 6.12. The highest BCUT2D eigenvalue weighted by atomic mass is 127. The molecule has 0 bridgehead atoms. The molecule has 166 valence electrons. The van der Waals surface area contributed by atoms with Gasteiger partial charge in [-0.05, 0) is 58.8 Å². The summed E-state index contributed by atoms with van der Waals surface area (Å²) in [6.45, 7) is 9.47. The third-order valence-electron chi connectivity index (χ3n) is 5.75. The van der Waals surface area contributed by atoms with Gasteiger partial charge in [0.05, 0.1) is 6.10 Å². The molecule has 1 aromatic carbocycles. The third-order valence-corrected chi connectivity index (χ3v) is 5.75. The average Bonchev–Trinajstić information content (AvgIpc) is 2.69. The first-order valence-electron chi connectivity index (χ1n) is 10.4. The van der Waals surface area contributed by atoms with Gasteiger partial charge in [-0.1, -0.05) is 19.1 Å². The average molecular weight is 518 g/mol. The number of ether oxygens (including phenoxy) is 2. The highest BCUT2D eigenvalue weighted by molar-refractivity contribution is 14.0. The molecule has 0 aromatic heterocycles. The van der Waals surface area contributed by atoms with Crippen molar-refractivity contribution in [3.8, 4) is 5.75 Å². The van der Waals surface area contributed by atoms with E-state index >= 15 is 0 Å². The van der Waals surface area contributed by atoms with Crippen molar-refractivity contribution in [1.29, 1.82) is 0 Å². The van der Waals surface area contributed by atoms with Crippen LogP contribution in [0, 0.1) is 6.92 Å². The number of benzene rings is 1. The van der Waals surface area contributed by atoms with E-state index in [-0.39, 0.29) is 35.6 Å². The number of likely N-dealkylation sites (N-methyl/N-ethyl adjacent to an activating group) is 1. The minimum Gasteiger partial charge on any atom is -0.490 e. The van der Waals surface area contributed by atoms with E-state index in [4.69, 9.17) is 9.47 Å². The van der Waals surface area contributed by atoms with Crippen molar-refractivity contribution in [3.63, 3.8) is 0 Å². The van der Waals surface area contributed by atoms with Crippen molar-refractivity contribution in [2.75, 3.05) is 40.9 Å². The SMILES string of the molecule is CCC(C)Oc1cc(C)ccc1CNC(=NC)NCC1(N(C)C)CCOCC1.I. The van der Waals surface area contributed by atoms with Gasteiger partial charge in [0.15, 0.2) is 5.96 Å². The molecule has 0 aliphatic carbocycles. The van der Waals surface area contributed by atoms with Crippen molar-refractivity contribution in [2.24, 2.45) is 4.99 Å². The van der Waals surface area contributed by atoms with Gasteiger partial charge >= 0.3 is 0 Å². The van der Waals surface area contributed by atoms with Crippen molar-refractivity contribution >= 4 is 29.9 Å². The number of aliphatic imine (C=N–C) groups is 1. The van der Waals surface area contributed by atoms with E-state index in [2.05, 4.69) is 73.6 Å². The van der Waals surface area contributed by atoms with Crippen LogP contribution in [0.15, 0.2) is 23.2 Å². The lowest BCUT2D eigenvalue weighted by Crippen LogP contribution is -2.57. The van der Waals surface area contributed by atoms with Crippen LogP contribution in [0.1, 0.15) is 44.2 Å². The Bertz CT molecular complexity index is 646. The number of nitrogens with one attached hydrogen (secondary N) is 2. The summed E-state index contributed by atoms with van der Waals surface area (Å²) in [5.74, 6) is 1.76. The van der Waals surface area contributed by atoms with Crippen LogP contribution in [0.4, 0.5) is 0 Å². The first-order chi connectivity index (χ1) is 13.4. The largest absolute Gasteiger partial charge is 0.490 e. The summed E-state index contributed by atoms with van der Waals surface area (Å²) in [4.78, 5) is 6.72. The Morgan fingerprint density at radius 2 is 1.97 bits per heavy atom. The number of rotatable bonds is 8. The van der Waals surface area contributed by atoms with E-state index < -0.39 is 0 Å². The number of halogens is 1. The fourth-order valence-corrected chi connectivity index (χ4v) is 3.40. The summed E-state index contributed by atoms with van der Waals surface area (Å²) < 4.78 is 11.7. The van der Waals surface area contributed by atoms with Crippen molar-refractivity contribution in [1.82, 2.24) is 15.5 Å². The quantitative estimate of drug-likeness (QED) is 0.313. The molecular weight excluding hydrogens is 479 g/mol. The minimum absolute atomic E-state index is 0. The summed E-state index contributed by atoms with van der Waals surface area (Å²) >= 11 is 0. The summed E-state index contributed by atoms with van der Waals surface area (Å²) in [6, 6.07) is 6.37. The first-order valence-corrected chi connectivity index (χ1v) is 10.4. The highest BCUT2D eigenvalue weighted by Gasteiger charge is 2.34. The molecule has 1 fully saturated rings. The topological polar surface area (TPSA) is 58.1 Å². The lowest BCUT2D eigenvalue weighted by atomic mass is 9.88. The zero-order valence-electron chi connectivity index (χ0n) is 18.9. The molecule has 6 nitrogen and oxygen atoms in total. The van der Waals surface area contributed by atoms with Gasteiger partial charge < -0.3 is 25.0 Å². The first kappa shape index (κ1) is 26.0. The number of nitrogens with zero attached hydrogens (tertiary/aromatic N) is 2. The van der Waals surface area contributed by atoms with E-state index in [1.807, 2.05) is 7.05 Å². The van der Waals surface area contributed by atoms with Crippen LogP contribution in [0.3, 0.4) is 0 Å². The van der Waals surface area contributed by atoms with Gasteiger partial charge in [-0.2, -0.15) is 0 Å². The third kappa shape index (κ3) is 7.61. The zero-order chi connectivity index (χ0) is 20.6. The lowest BCUT2D eigenvalue weighted by molar-refractivity contribution is -0.00501. The Morgan fingerprint density at radius 3 is 2.55 bits per heavy atom. The monoisotopic (exact) mass is 518 g/mol.